The van der Waals surface area contributed by atoms with Gasteiger partial charge in [-0.15, -0.1) is 0 Å². The van der Waals surface area contributed by atoms with Crippen LogP contribution < -0.4 is 19.1 Å². The van der Waals surface area contributed by atoms with Crippen molar-refractivity contribution in [1.29, 1.82) is 0 Å². The first kappa shape index (κ1) is 22.0. The standard InChI is InChI=1S/C23H21ClN2O5S/c1-2-30-18-11-9-17(10-12-18)25-23(27)22-15-26(20-5-3-4-6-21(20)31-22)32(28,29)19-13-7-16(24)8-14-19/h3-14,22H,2,15H2,1H3,(H,25,27)/t22-/m1/s1. The fourth-order valence-corrected chi connectivity index (χ4v) is 4.93. The number of amides is 1. The highest BCUT2D eigenvalue weighted by molar-refractivity contribution is 7.92. The smallest absolute Gasteiger partial charge is 0.267 e. The monoisotopic (exact) mass is 472 g/mol. The lowest BCUT2D eigenvalue weighted by molar-refractivity contribution is -0.122. The van der Waals surface area contributed by atoms with Gasteiger partial charge in [-0.2, -0.15) is 0 Å². The van der Waals surface area contributed by atoms with Gasteiger partial charge in [-0.25, -0.2) is 8.42 Å². The van der Waals surface area contributed by atoms with Gasteiger partial charge in [-0.05, 0) is 67.6 Å². The minimum atomic E-state index is -3.95. The number of ether oxygens (including phenoxy) is 2. The van der Waals surface area contributed by atoms with Gasteiger partial charge in [0.15, 0.2) is 6.10 Å². The Morgan fingerprint density at radius 1 is 1.09 bits per heavy atom. The lowest BCUT2D eigenvalue weighted by atomic mass is 10.2. The zero-order valence-corrected chi connectivity index (χ0v) is 18.8. The molecule has 9 heteroatoms. The molecule has 7 nitrogen and oxygen atoms in total. The third kappa shape index (κ3) is 4.51. The van der Waals surface area contributed by atoms with Gasteiger partial charge in [0.05, 0.1) is 23.7 Å². The lowest BCUT2D eigenvalue weighted by Gasteiger charge is -2.34. The van der Waals surface area contributed by atoms with Crippen LogP contribution in [-0.2, 0) is 14.8 Å². The molecule has 0 spiro atoms. The van der Waals surface area contributed by atoms with Crippen LogP contribution in [0.25, 0.3) is 0 Å². The maximum Gasteiger partial charge on any atom is 0.267 e. The molecule has 0 radical (unpaired) electrons. The first-order chi connectivity index (χ1) is 15.4. The van der Waals surface area contributed by atoms with Crippen molar-refractivity contribution >= 4 is 38.9 Å². The molecular formula is C23H21ClN2O5S. The van der Waals surface area contributed by atoms with Crippen LogP contribution in [0.3, 0.4) is 0 Å². The van der Waals surface area contributed by atoms with Crippen LogP contribution in [0.2, 0.25) is 5.02 Å². The van der Waals surface area contributed by atoms with Crippen LogP contribution in [0.1, 0.15) is 6.92 Å². The molecule has 4 rings (SSSR count). The molecule has 1 aliphatic heterocycles. The predicted molar refractivity (Wildman–Crippen MR) is 123 cm³/mol. The summed E-state index contributed by atoms with van der Waals surface area (Å²) >= 11 is 5.91. The largest absolute Gasteiger partial charge is 0.494 e. The third-order valence-electron chi connectivity index (χ3n) is 4.86. The number of hydrogen-bond acceptors (Lipinski definition) is 5. The first-order valence-electron chi connectivity index (χ1n) is 9.96. The highest BCUT2D eigenvalue weighted by Crippen LogP contribution is 2.37. The molecule has 1 N–H and O–H groups in total. The number of para-hydroxylation sites is 2. The Kier molecular flexibility index (Phi) is 6.25. The Morgan fingerprint density at radius 3 is 2.47 bits per heavy atom. The molecule has 0 unspecified atom stereocenters. The van der Waals surface area contributed by atoms with E-state index in [1.807, 2.05) is 6.92 Å². The molecule has 166 valence electrons. The quantitative estimate of drug-likeness (QED) is 0.577. The van der Waals surface area contributed by atoms with Crippen molar-refractivity contribution in [3.8, 4) is 11.5 Å². The second-order valence-electron chi connectivity index (χ2n) is 7.01. The fourth-order valence-electron chi connectivity index (χ4n) is 3.32. The maximum absolute atomic E-state index is 13.4. The van der Waals surface area contributed by atoms with Crippen molar-refractivity contribution in [2.75, 3.05) is 22.8 Å². The van der Waals surface area contributed by atoms with Gasteiger partial charge in [0.1, 0.15) is 11.5 Å². The molecule has 1 amide bonds. The number of carbonyl (C=O) groups excluding carboxylic acids is 1. The summed E-state index contributed by atoms with van der Waals surface area (Å²) in [5.74, 6) is 0.539. The molecule has 3 aromatic carbocycles. The van der Waals surface area contributed by atoms with Crippen molar-refractivity contribution in [3.63, 3.8) is 0 Å². The molecule has 0 saturated heterocycles. The molecular weight excluding hydrogens is 452 g/mol. The summed E-state index contributed by atoms with van der Waals surface area (Å²) in [5.41, 5.74) is 0.917. The van der Waals surface area contributed by atoms with Crippen LogP contribution in [0.15, 0.2) is 77.7 Å². The van der Waals surface area contributed by atoms with E-state index in [2.05, 4.69) is 5.32 Å². The molecule has 1 atom stereocenters. The highest BCUT2D eigenvalue weighted by atomic mass is 35.5. The van der Waals surface area contributed by atoms with Crippen LogP contribution in [0, 0.1) is 0 Å². The van der Waals surface area contributed by atoms with Crippen LogP contribution >= 0.6 is 11.6 Å². The second kappa shape index (κ2) is 9.10. The number of nitrogens with one attached hydrogen (secondary N) is 1. The lowest BCUT2D eigenvalue weighted by Crippen LogP contribution is -2.48. The van der Waals surface area contributed by atoms with Crippen LogP contribution in [-0.4, -0.2) is 33.6 Å². The van der Waals surface area contributed by atoms with Gasteiger partial charge in [0, 0.05) is 10.7 Å². The third-order valence-corrected chi connectivity index (χ3v) is 6.91. The van der Waals surface area contributed by atoms with E-state index in [4.69, 9.17) is 21.1 Å². The van der Waals surface area contributed by atoms with E-state index in [-0.39, 0.29) is 11.4 Å². The van der Waals surface area contributed by atoms with E-state index in [0.717, 1.165) is 0 Å². The molecule has 3 aromatic rings. The number of fused-ring (bicyclic) bond motifs is 1. The molecule has 0 bridgehead atoms. The zero-order chi connectivity index (χ0) is 22.7. The Bertz CT molecular complexity index is 1210. The Balaban J connectivity index is 1.60. The number of benzene rings is 3. The summed E-state index contributed by atoms with van der Waals surface area (Å²) in [6.45, 7) is 2.25. The number of anilines is 2. The van der Waals surface area contributed by atoms with Gasteiger partial charge >= 0.3 is 0 Å². The Morgan fingerprint density at radius 2 is 1.78 bits per heavy atom. The molecule has 0 aliphatic carbocycles. The number of hydrogen-bond donors (Lipinski definition) is 1. The van der Waals surface area contributed by atoms with E-state index in [1.54, 1.807) is 48.5 Å². The normalized spacial score (nSPS) is 15.4. The molecule has 0 fully saturated rings. The minimum absolute atomic E-state index is 0.0734. The highest BCUT2D eigenvalue weighted by Gasteiger charge is 2.37. The van der Waals surface area contributed by atoms with Gasteiger partial charge in [0.25, 0.3) is 15.9 Å². The summed E-state index contributed by atoms with van der Waals surface area (Å²) in [5, 5.41) is 3.20. The molecule has 0 saturated carbocycles. The second-order valence-corrected chi connectivity index (χ2v) is 9.31. The van der Waals surface area contributed by atoms with Crippen molar-refractivity contribution in [1.82, 2.24) is 0 Å². The van der Waals surface area contributed by atoms with Gasteiger partial charge in [-0.1, -0.05) is 23.7 Å². The number of nitrogens with zero attached hydrogens (tertiary/aromatic N) is 1. The van der Waals surface area contributed by atoms with Crippen LogP contribution in [0.4, 0.5) is 11.4 Å². The molecule has 0 aromatic heterocycles. The van der Waals surface area contributed by atoms with E-state index in [9.17, 15) is 13.2 Å². The molecule has 1 heterocycles. The van der Waals surface area contributed by atoms with Crippen molar-refractivity contribution in [3.05, 3.63) is 77.8 Å². The van der Waals surface area contributed by atoms with Crippen molar-refractivity contribution in [2.45, 2.75) is 17.9 Å². The van der Waals surface area contributed by atoms with E-state index < -0.39 is 22.0 Å². The number of sulfonamides is 1. The van der Waals surface area contributed by atoms with Crippen molar-refractivity contribution < 1.29 is 22.7 Å². The summed E-state index contributed by atoms with van der Waals surface area (Å²) < 4.78 is 39.2. The summed E-state index contributed by atoms with van der Waals surface area (Å²) in [7, 11) is -3.95. The zero-order valence-electron chi connectivity index (χ0n) is 17.2. The fraction of sp³-hybridized carbons (Fsp3) is 0.174. The predicted octanol–water partition coefficient (Wildman–Crippen LogP) is 4.33. The average Bonchev–Trinajstić information content (AvgIpc) is 2.80. The first-order valence-corrected chi connectivity index (χ1v) is 11.8. The molecule has 1 aliphatic rings. The topological polar surface area (TPSA) is 84.9 Å². The Labute approximate surface area is 191 Å². The summed E-state index contributed by atoms with van der Waals surface area (Å²) in [6, 6.07) is 19.5. The van der Waals surface area contributed by atoms with E-state index >= 15 is 0 Å². The minimum Gasteiger partial charge on any atom is -0.494 e. The SMILES string of the molecule is CCOc1ccc(NC(=O)[C@H]2CN(S(=O)(=O)c3ccc(Cl)cc3)c3ccccc3O2)cc1. The van der Waals surface area contributed by atoms with E-state index in [1.165, 1.54) is 28.6 Å². The maximum atomic E-state index is 13.4. The van der Waals surface area contributed by atoms with Gasteiger partial charge < -0.3 is 14.8 Å². The van der Waals surface area contributed by atoms with E-state index in [0.29, 0.717) is 34.5 Å². The van der Waals surface area contributed by atoms with Gasteiger partial charge in [-0.3, -0.25) is 9.10 Å². The van der Waals surface area contributed by atoms with Crippen molar-refractivity contribution in [2.24, 2.45) is 0 Å². The Hall–Kier alpha value is -3.23. The van der Waals surface area contributed by atoms with Gasteiger partial charge in [0.2, 0.25) is 0 Å². The molecule has 32 heavy (non-hydrogen) atoms. The summed E-state index contributed by atoms with van der Waals surface area (Å²) in [4.78, 5) is 13.0. The summed E-state index contributed by atoms with van der Waals surface area (Å²) in [6.07, 6.45) is -1.04. The average molecular weight is 473 g/mol. The number of halogens is 1. The number of carbonyl (C=O) groups is 1. The number of rotatable bonds is 6. The van der Waals surface area contributed by atoms with Crippen LogP contribution in [0.5, 0.6) is 11.5 Å².